The number of hydrogen-bond donors (Lipinski definition) is 0. The summed E-state index contributed by atoms with van der Waals surface area (Å²) in [5.74, 6) is 2.45. The summed E-state index contributed by atoms with van der Waals surface area (Å²) >= 11 is 14.0. The molecule has 204 valence electrons. The number of halogens is 3. The Kier molecular flexibility index (Phi) is 8.29. The van der Waals surface area contributed by atoms with Crippen LogP contribution in [0.5, 0.6) is 0 Å². The second-order valence-electron chi connectivity index (χ2n) is 11.2. The number of carbonyl (C=O) groups is 1. The van der Waals surface area contributed by atoms with Crippen LogP contribution in [0.4, 0.5) is 5.82 Å². The van der Waals surface area contributed by atoms with Crippen molar-refractivity contribution >= 4 is 55.2 Å². The zero-order valence-electron chi connectivity index (χ0n) is 22.0. The van der Waals surface area contributed by atoms with Gasteiger partial charge in [0.1, 0.15) is 5.82 Å². The summed E-state index contributed by atoms with van der Waals surface area (Å²) < 4.78 is 2.09. The third kappa shape index (κ3) is 5.91. The molecule has 6 rings (SSSR count). The molecule has 1 amide bonds. The largest absolute Gasteiger partial charge is 0.357 e. The van der Waals surface area contributed by atoms with Crippen LogP contribution in [0.2, 0.25) is 5.02 Å². The van der Waals surface area contributed by atoms with E-state index >= 15 is 0 Å². The monoisotopic (exact) mass is 670 g/mol. The molecule has 2 aliphatic heterocycles. The Morgan fingerprint density at radius 1 is 0.949 bits per heavy atom. The number of fused-ring (bicyclic) bond motifs is 2. The molecule has 3 aromatic rings. The summed E-state index contributed by atoms with van der Waals surface area (Å²) in [4.78, 5) is 27.3. The molecular weight excluding hydrogens is 640 g/mol. The molecule has 0 radical (unpaired) electrons. The molecule has 0 saturated carbocycles. The van der Waals surface area contributed by atoms with Gasteiger partial charge in [0, 0.05) is 64.9 Å². The van der Waals surface area contributed by atoms with E-state index in [1.54, 1.807) is 0 Å². The number of likely N-dealkylation sites (tertiary alicyclic amines) is 1. The average Bonchev–Trinajstić information content (AvgIpc) is 3.11. The number of rotatable bonds is 4. The maximum Gasteiger partial charge on any atom is 0.222 e. The lowest BCUT2D eigenvalue weighted by Gasteiger charge is -2.38. The lowest BCUT2D eigenvalue weighted by atomic mass is 9.76. The Morgan fingerprint density at radius 2 is 1.72 bits per heavy atom. The molecule has 2 fully saturated rings. The molecule has 0 unspecified atom stereocenters. The number of amides is 1. The van der Waals surface area contributed by atoms with Crippen molar-refractivity contribution in [2.45, 2.75) is 50.9 Å². The van der Waals surface area contributed by atoms with Crippen LogP contribution in [0.1, 0.15) is 60.4 Å². The predicted molar refractivity (Wildman–Crippen MR) is 163 cm³/mol. The standard InChI is InChI=1S/C31H33Br2ClN4O/c32-24-16-23-5-4-22-17-25(34)18-26(33)29(22)30(31(23)36-19-24)21-8-13-38(14-9-21)28(39)15-20-6-11-37(12-7-20)27-3-1-2-10-35-27/h1-3,10,16-21,30H,4-9,11-15H2/t30-/m1/s1. The highest BCUT2D eigenvalue weighted by atomic mass is 79.9. The molecule has 4 heterocycles. The number of aromatic nitrogens is 2. The van der Waals surface area contributed by atoms with Gasteiger partial charge in [-0.25, -0.2) is 4.98 Å². The van der Waals surface area contributed by atoms with Crippen LogP contribution >= 0.6 is 43.5 Å². The van der Waals surface area contributed by atoms with Gasteiger partial charge in [-0.3, -0.25) is 9.78 Å². The van der Waals surface area contributed by atoms with Crippen LogP contribution in [0, 0.1) is 11.8 Å². The van der Waals surface area contributed by atoms with Crippen molar-refractivity contribution in [3.63, 3.8) is 0 Å². The van der Waals surface area contributed by atoms with Gasteiger partial charge in [-0.1, -0.05) is 33.6 Å². The Labute approximate surface area is 252 Å². The van der Waals surface area contributed by atoms with Crippen LogP contribution in [0.3, 0.4) is 0 Å². The molecule has 3 aliphatic rings. The van der Waals surface area contributed by atoms with Gasteiger partial charge in [-0.05, 0) is 113 Å². The molecule has 2 aromatic heterocycles. The number of aryl methyl sites for hydroxylation is 2. The fourth-order valence-corrected chi connectivity index (χ4v) is 8.29. The topological polar surface area (TPSA) is 49.3 Å². The van der Waals surface area contributed by atoms with Gasteiger partial charge in [-0.15, -0.1) is 0 Å². The van der Waals surface area contributed by atoms with Crippen LogP contribution in [-0.2, 0) is 17.6 Å². The van der Waals surface area contributed by atoms with Crippen LogP contribution in [-0.4, -0.2) is 47.0 Å². The maximum atomic E-state index is 13.3. The van der Waals surface area contributed by atoms with E-state index in [-0.39, 0.29) is 5.92 Å². The predicted octanol–water partition coefficient (Wildman–Crippen LogP) is 7.43. The first-order valence-electron chi connectivity index (χ1n) is 14.0. The van der Waals surface area contributed by atoms with Gasteiger partial charge >= 0.3 is 0 Å². The van der Waals surface area contributed by atoms with Gasteiger partial charge in [-0.2, -0.15) is 0 Å². The lowest BCUT2D eigenvalue weighted by Crippen LogP contribution is -2.42. The van der Waals surface area contributed by atoms with E-state index in [0.717, 1.165) is 84.5 Å². The number of carbonyl (C=O) groups excluding carboxylic acids is 1. The zero-order valence-corrected chi connectivity index (χ0v) is 25.9. The van der Waals surface area contributed by atoms with E-state index in [2.05, 4.69) is 64.8 Å². The Balaban J connectivity index is 1.12. The Hall–Kier alpha value is -1.96. The molecule has 1 aromatic carbocycles. The summed E-state index contributed by atoms with van der Waals surface area (Å²) in [6.45, 7) is 3.58. The summed E-state index contributed by atoms with van der Waals surface area (Å²) in [6, 6.07) is 12.4. The maximum absolute atomic E-state index is 13.3. The van der Waals surface area contributed by atoms with Crippen molar-refractivity contribution in [1.82, 2.24) is 14.9 Å². The third-order valence-electron chi connectivity index (χ3n) is 8.83. The van der Waals surface area contributed by atoms with Crippen LogP contribution in [0.15, 0.2) is 57.7 Å². The molecule has 0 bridgehead atoms. The van der Waals surface area contributed by atoms with Crippen molar-refractivity contribution in [2.24, 2.45) is 11.8 Å². The van der Waals surface area contributed by atoms with E-state index in [1.165, 1.54) is 22.4 Å². The smallest absolute Gasteiger partial charge is 0.222 e. The summed E-state index contributed by atoms with van der Waals surface area (Å²) in [5, 5.41) is 0.769. The van der Waals surface area contributed by atoms with E-state index in [4.69, 9.17) is 16.6 Å². The van der Waals surface area contributed by atoms with Crippen molar-refractivity contribution in [3.05, 3.63) is 85.1 Å². The van der Waals surface area contributed by atoms with Crippen molar-refractivity contribution in [3.8, 4) is 0 Å². The zero-order chi connectivity index (χ0) is 26.9. The Bertz CT molecular complexity index is 1340. The minimum Gasteiger partial charge on any atom is -0.357 e. The fraction of sp³-hybridized carbons (Fsp3) is 0.452. The second-order valence-corrected chi connectivity index (χ2v) is 13.4. The minimum atomic E-state index is 0.199. The molecule has 0 N–H and O–H groups in total. The second kappa shape index (κ2) is 11.9. The average molecular weight is 673 g/mol. The number of benzene rings is 1. The minimum absolute atomic E-state index is 0.199. The number of pyridine rings is 2. The fourth-order valence-electron chi connectivity index (χ4n) is 6.80. The molecule has 0 spiro atoms. The first kappa shape index (κ1) is 27.2. The van der Waals surface area contributed by atoms with E-state index in [0.29, 0.717) is 24.2 Å². The highest BCUT2D eigenvalue weighted by Gasteiger charge is 2.36. The van der Waals surface area contributed by atoms with Crippen molar-refractivity contribution in [1.29, 1.82) is 0 Å². The van der Waals surface area contributed by atoms with Gasteiger partial charge in [0.2, 0.25) is 5.91 Å². The quantitative estimate of drug-likeness (QED) is 0.289. The summed E-state index contributed by atoms with van der Waals surface area (Å²) in [6.07, 6.45) is 10.4. The molecule has 2 saturated heterocycles. The number of anilines is 1. The van der Waals surface area contributed by atoms with E-state index in [9.17, 15) is 4.79 Å². The highest BCUT2D eigenvalue weighted by molar-refractivity contribution is 9.10. The molecule has 39 heavy (non-hydrogen) atoms. The number of hydrogen-bond acceptors (Lipinski definition) is 4. The first-order chi connectivity index (χ1) is 19.0. The molecule has 5 nitrogen and oxygen atoms in total. The molecule has 1 atom stereocenters. The summed E-state index contributed by atoms with van der Waals surface area (Å²) in [7, 11) is 0. The SMILES string of the molecule is O=C(CC1CCN(c2ccccn2)CC1)N1CCC([C@H]2c3ncc(Br)cc3CCc3cc(Cl)cc(Br)c32)CC1. The van der Waals surface area contributed by atoms with Gasteiger partial charge in [0.15, 0.2) is 0 Å². The van der Waals surface area contributed by atoms with Crippen molar-refractivity contribution < 1.29 is 4.79 Å². The van der Waals surface area contributed by atoms with E-state index < -0.39 is 0 Å². The Morgan fingerprint density at radius 3 is 2.46 bits per heavy atom. The first-order valence-corrected chi connectivity index (χ1v) is 16.0. The van der Waals surface area contributed by atoms with Gasteiger partial charge in [0.25, 0.3) is 0 Å². The van der Waals surface area contributed by atoms with Crippen LogP contribution < -0.4 is 4.90 Å². The van der Waals surface area contributed by atoms with Gasteiger partial charge in [0.05, 0.1) is 5.69 Å². The number of piperidine rings is 2. The lowest BCUT2D eigenvalue weighted by molar-refractivity contribution is -0.133. The normalized spacial score (nSPS) is 20.3. The molecule has 8 heteroatoms. The van der Waals surface area contributed by atoms with Crippen molar-refractivity contribution in [2.75, 3.05) is 31.1 Å². The van der Waals surface area contributed by atoms with Gasteiger partial charge < -0.3 is 9.80 Å². The number of nitrogens with zero attached hydrogens (tertiary/aromatic N) is 4. The van der Waals surface area contributed by atoms with Crippen LogP contribution in [0.25, 0.3) is 0 Å². The third-order valence-corrected chi connectivity index (χ3v) is 10.1. The van der Waals surface area contributed by atoms with E-state index in [1.807, 2.05) is 30.6 Å². The summed E-state index contributed by atoms with van der Waals surface area (Å²) in [5.41, 5.74) is 5.13. The molecular formula is C31H33Br2ClN4O. The highest BCUT2D eigenvalue weighted by Crippen LogP contribution is 2.46. The molecule has 1 aliphatic carbocycles.